The quantitative estimate of drug-likeness (QED) is 0.222. The first kappa shape index (κ1) is 28.5. The molecule has 2 atom stereocenters. The number of hydrogen-bond donors (Lipinski definition) is 0. The van der Waals surface area contributed by atoms with E-state index < -0.39 is 30.4 Å². The van der Waals surface area contributed by atoms with E-state index in [0.717, 1.165) is 24.0 Å². The summed E-state index contributed by atoms with van der Waals surface area (Å²) in [6, 6.07) is 7.38. The zero-order chi connectivity index (χ0) is 25.8. The largest absolute Gasteiger partial charge is 0.494 e. The maximum absolute atomic E-state index is 12.3. The molecule has 1 aliphatic heterocycles. The summed E-state index contributed by atoms with van der Waals surface area (Å²) in [5.74, 6) is 1.30. The minimum absolute atomic E-state index is 0.186. The van der Waals surface area contributed by atoms with Gasteiger partial charge in [-0.1, -0.05) is 70.4 Å². The summed E-state index contributed by atoms with van der Waals surface area (Å²) in [7, 11) is 0. The molecule has 202 valence electrons. The highest BCUT2D eigenvalue weighted by Crippen LogP contribution is 2.35. The van der Waals surface area contributed by atoms with Gasteiger partial charge >= 0.3 is 11.9 Å². The van der Waals surface area contributed by atoms with Crippen LogP contribution in [-0.2, 0) is 28.5 Å². The lowest BCUT2D eigenvalue weighted by molar-refractivity contribution is -0.163. The average molecular weight is 505 g/mol. The molecule has 7 nitrogen and oxygen atoms in total. The first-order valence-electron chi connectivity index (χ1n) is 13.9. The van der Waals surface area contributed by atoms with E-state index in [1.165, 1.54) is 57.8 Å². The normalized spacial score (nSPS) is 24.4. The SMILES string of the molecule is CCCCCC1CCC(CCCOc2ccc(C3O[C@@H](C(=O)OCC)[C@H](C(=O)OCC)O3)cc2)CC1. The number of hydrogen-bond acceptors (Lipinski definition) is 7. The monoisotopic (exact) mass is 504 g/mol. The molecular formula is C29H44O7. The van der Waals surface area contributed by atoms with Crippen LogP contribution < -0.4 is 4.74 Å². The molecule has 0 unspecified atom stereocenters. The summed E-state index contributed by atoms with van der Waals surface area (Å²) < 4.78 is 27.5. The zero-order valence-corrected chi connectivity index (χ0v) is 22.2. The van der Waals surface area contributed by atoms with E-state index in [4.69, 9.17) is 23.7 Å². The van der Waals surface area contributed by atoms with Crippen LogP contribution in [0.4, 0.5) is 0 Å². The Kier molecular flexibility index (Phi) is 12.0. The van der Waals surface area contributed by atoms with E-state index in [1.54, 1.807) is 13.8 Å². The maximum Gasteiger partial charge on any atom is 0.338 e. The van der Waals surface area contributed by atoms with Gasteiger partial charge < -0.3 is 23.7 Å². The molecule has 1 aliphatic carbocycles. The fraction of sp³-hybridized carbons (Fsp3) is 0.724. The van der Waals surface area contributed by atoms with Crippen LogP contribution in [0.3, 0.4) is 0 Å². The van der Waals surface area contributed by atoms with Crippen LogP contribution >= 0.6 is 0 Å². The highest BCUT2D eigenvalue weighted by atomic mass is 16.8. The molecule has 1 saturated heterocycles. The second-order valence-electron chi connectivity index (χ2n) is 9.89. The average Bonchev–Trinajstić information content (AvgIpc) is 3.34. The molecule has 0 aromatic heterocycles. The zero-order valence-electron chi connectivity index (χ0n) is 22.2. The van der Waals surface area contributed by atoms with Crippen LogP contribution in [0.5, 0.6) is 5.75 Å². The molecule has 2 aliphatic rings. The fourth-order valence-electron chi connectivity index (χ4n) is 5.18. The van der Waals surface area contributed by atoms with Gasteiger partial charge in [-0.15, -0.1) is 0 Å². The van der Waals surface area contributed by atoms with Crippen molar-refractivity contribution in [3.8, 4) is 5.75 Å². The van der Waals surface area contributed by atoms with Crippen molar-refractivity contribution in [2.75, 3.05) is 19.8 Å². The van der Waals surface area contributed by atoms with Crippen LogP contribution in [0.2, 0.25) is 0 Å². The Hall–Kier alpha value is -2.12. The van der Waals surface area contributed by atoms with Crippen molar-refractivity contribution in [2.45, 2.75) is 103 Å². The van der Waals surface area contributed by atoms with Crippen LogP contribution in [0, 0.1) is 11.8 Å². The van der Waals surface area contributed by atoms with Gasteiger partial charge in [-0.3, -0.25) is 0 Å². The minimum atomic E-state index is -1.16. The van der Waals surface area contributed by atoms with Gasteiger partial charge in [0.05, 0.1) is 19.8 Å². The molecule has 7 heteroatoms. The van der Waals surface area contributed by atoms with E-state index >= 15 is 0 Å². The van der Waals surface area contributed by atoms with Crippen molar-refractivity contribution in [1.29, 1.82) is 0 Å². The van der Waals surface area contributed by atoms with E-state index in [2.05, 4.69) is 6.92 Å². The molecule has 36 heavy (non-hydrogen) atoms. The van der Waals surface area contributed by atoms with Crippen LogP contribution in [0.1, 0.15) is 96.8 Å². The molecule has 0 spiro atoms. The molecule has 0 bridgehead atoms. The van der Waals surface area contributed by atoms with Crippen LogP contribution in [-0.4, -0.2) is 44.0 Å². The second kappa shape index (κ2) is 15.2. The van der Waals surface area contributed by atoms with Gasteiger partial charge in [-0.05, 0) is 50.7 Å². The van der Waals surface area contributed by atoms with Gasteiger partial charge in [0.1, 0.15) is 5.75 Å². The van der Waals surface area contributed by atoms with Crippen LogP contribution in [0.25, 0.3) is 0 Å². The molecule has 1 aromatic carbocycles. The number of unbranched alkanes of at least 4 members (excludes halogenated alkanes) is 2. The highest BCUT2D eigenvalue weighted by Gasteiger charge is 2.47. The minimum Gasteiger partial charge on any atom is -0.494 e. The lowest BCUT2D eigenvalue weighted by Crippen LogP contribution is -2.39. The van der Waals surface area contributed by atoms with Crippen molar-refractivity contribution in [3.63, 3.8) is 0 Å². The number of benzene rings is 1. The predicted molar refractivity (Wildman–Crippen MR) is 137 cm³/mol. The van der Waals surface area contributed by atoms with Crippen molar-refractivity contribution >= 4 is 11.9 Å². The Balaban J connectivity index is 1.40. The van der Waals surface area contributed by atoms with Gasteiger partial charge in [-0.2, -0.15) is 0 Å². The van der Waals surface area contributed by atoms with Gasteiger partial charge in [0.25, 0.3) is 0 Å². The molecule has 1 aromatic rings. The molecule has 2 fully saturated rings. The summed E-state index contributed by atoms with van der Waals surface area (Å²) in [5.41, 5.74) is 0.694. The third kappa shape index (κ3) is 8.48. The van der Waals surface area contributed by atoms with E-state index in [-0.39, 0.29) is 13.2 Å². The summed E-state index contributed by atoms with van der Waals surface area (Å²) in [5, 5.41) is 0. The Morgan fingerprint density at radius 2 is 1.31 bits per heavy atom. The van der Waals surface area contributed by atoms with Crippen molar-refractivity contribution < 1.29 is 33.3 Å². The van der Waals surface area contributed by atoms with Gasteiger partial charge in [0.15, 0.2) is 18.5 Å². The second-order valence-corrected chi connectivity index (χ2v) is 9.89. The maximum atomic E-state index is 12.3. The Morgan fingerprint density at radius 1 is 0.778 bits per heavy atom. The highest BCUT2D eigenvalue weighted by molar-refractivity contribution is 5.86. The summed E-state index contributed by atoms with van der Waals surface area (Å²) in [6.07, 6.45) is 10.2. The van der Waals surface area contributed by atoms with Gasteiger partial charge in [-0.25, -0.2) is 9.59 Å². The molecular weight excluding hydrogens is 460 g/mol. The number of esters is 2. The topological polar surface area (TPSA) is 80.3 Å². The lowest BCUT2D eigenvalue weighted by Gasteiger charge is -2.28. The van der Waals surface area contributed by atoms with Gasteiger partial charge in [0, 0.05) is 5.56 Å². The molecule has 3 rings (SSSR count). The number of ether oxygens (including phenoxy) is 5. The standard InChI is InChI=1S/C29H44O7/c1-4-7-8-10-21-12-14-22(15-13-21)11-9-20-34-24-18-16-23(17-19-24)29-35-25(27(30)32-5-2)26(36-29)28(31)33-6-3/h16-19,21-22,25-26,29H,4-15,20H2,1-3H3/t21?,22?,25-,26-/m1/s1. The molecule has 1 heterocycles. The summed E-state index contributed by atoms with van der Waals surface area (Å²) in [4.78, 5) is 24.5. The Labute approximate surface area is 216 Å². The number of carbonyl (C=O) groups excluding carboxylic acids is 2. The molecule has 0 radical (unpaired) electrons. The molecule has 0 N–H and O–H groups in total. The predicted octanol–water partition coefficient (Wildman–Crippen LogP) is 6.14. The Bertz CT molecular complexity index is 759. The number of rotatable bonds is 14. The Morgan fingerprint density at radius 3 is 1.81 bits per heavy atom. The van der Waals surface area contributed by atoms with Crippen molar-refractivity contribution in [3.05, 3.63) is 29.8 Å². The third-order valence-electron chi connectivity index (χ3n) is 7.21. The smallest absolute Gasteiger partial charge is 0.338 e. The first-order chi connectivity index (χ1) is 17.5. The van der Waals surface area contributed by atoms with Crippen molar-refractivity contribution in [1.82, 2.24) is 0 Å². The summed E-state index contributed by atoms with van der Waals surface area (Å²) in [6.45, 7) is 6.74. The van der Waals surface area contributed by atoms with E-state index in [9.17, 15) is 9.59 Å². The fourth-order valence-corrected chi connectivity index (χ4v) is 5.18. The summed E-state index contributed by atoms with van der Waals surface area (Å²) >= 11 is 0. The lowest BCUT2D eigenvalue weighted by atomic mass is 9.78. The molecule has 1 saturated carbocycles. The van der Waals surface area contributed by atoms with Crippen LogP contribution in [0.15, 0.2) is 24.3 Å². The van der Waals surface area contributed by atoms with Crippen molar-refractivity contribution in [2.24, 2.45) is 11.8 Å². The van der Waals surface area contributed by atoms with E-state index in [0.29, 0.717) is 12.2 Å². The first-order valence-corrected chi connectivity index (χ1v) is 13.9. The molecule has 0 amide bonds. The van der Waals surface area contributed by atoms with E-state index in [1.807, 2.05) is 24.3 Å². The third-order valence-corrected chi connectivity index (χ3v) is 7.21. The number of carbonyl (C=O) groups is 2. The van der Waals surface area contributed by atoms with Gasteiger partial charge in [0.2, 0.25) is 0 Å².